The highest BCUT2D eigenvalue weighted by Crippen LogP contribution is 2.35. The van der Waals surface area contributed by atoms with Gasteiger partial charge in [0, 0.05) is 24.3 Å². The summed E-state index contributed by atoms with van der Waals surface area (Å²) in [7, 11) is 5.89. The van der Waals surface area contributed by atoms with Crippen LogP contribution in [-0.4, -0.2) is 40.3 Å². The summed E-state index contributed by atoms with van der Waals surface area (Å²) in [5, 5.41) is 5.25. The number of rotatable bonds is 8. The van der Waals surface area contributed by atoms with E-state index in [1.165, 1.54) is 65.0 Å². The molecule has 4 rings (SSSR count). The van der Waals surface area contributed by atoms with Gasteiger partial charge in [0.25, 0.3) is 11.8 Å². The Hall–Kier alpha value is -5.39. The lowest BCUT2D eigenvalue weighted by Gasteiger charge is -2.13. The van der Waals surface area contributed by atoms with E-state index in [1.807, 2.05) is 0 Å². The summed E-state index contributed by atoms with van der Waals surface area (Å²) >= 11 is 0. The van der Waals surface area contributed by atoms with Crippen molar-refractivity contribution in [3.63, 3.8) is 0 Å². The molecule has 0 aliphatic heterocycles. The Morgan fingerprint density at radius 1 is 0.700 bits per heavy atom. The van der Waals surface area contributed by atoms with E-state index in [-0.39, 0.29) is 17.2 Å². The van der Waals surface area contributed by atoms with Gasteiger partial charge in [0.1, 0.15) is 28.8 Å². The number of nitrogens with two attached hydrogens (primary N) is 2. The molecule has 0 aliphatic rings. The Kier molecular flexibility index (Phi) is 9.79. The van der Waals surface area contributed by atoms with Crippen LogP contribution in [0.15, 0.2) is 71.3 Å². The minimum absolute atomic E-state index is 0.0599. The van der Waals surface area contributed by atoms with Crippen molar-refractivity contribution in [3.8, 4) is 23.0 Å². The number of nitrogens with one attached hydrogen (secondary N) is 2. The zero-order chi connectivity index (χ0) is 29.2. The van der Waals surface area contributed by atoms with Gasteiger partial charge in [-0.15, -0.1) is 0 Å². The first kappa shape index (κ1) is 29.2. The second-order valence-electron chi connectivity index (χ2n) is 7.95. The Labute approximate surface area is 229 Å². The average molecular weight is 553 g/mol. The fourth-order valence-electron chi connectivity index (χ4n) is 3.46. The van der Waals surface area contributed by atoms with Crippen molar-refractivity contribution in [2.24, 2.45) is 0 Å². The van der Waals surface area contributed by atoms with Gasteiger partial charge in [0.2, 0.25) is 0 Å². The molecule has 6 N–H and O–H groups in total. The van der Waals surface area contributed by atoms with Crippen LogP contribution in [0.3, 0.4) is 0 Å². The molecule has 4 aromatic rings. The number of furan rings is 1. The molecule has 0 unspecified atom stereocenters. The molecule has 12 heteroatoms. The van der Waals surface area contributed by atoms with Crippen LogP contribution in [-0.2, 0) is 0 Å². The highest BCUT2D eigenvalue weighted by atomic mass is 19.1. The summed E-state index contributed by atoms with van der Waals surface area (Å²) in [4.78, 5) is 24.0. The van der Waals surface area contributed by atoms with Gasteiger partial charge in [0.15, 0.2) is 5.76 Å². The van der Waals surface area contributed by atoms with Crippen LogP contribution in [0.25, 0.3) is 0 Å². The SMILES string of the molecule is COc1cc(NC(=O)c2ccccc2F)c(OC)cc1N.COc1cc(NC(=O)c2ccco2)c(OC)cc1N. The third kappa shape index (κ3) is 6.92. The number of methoxy groups -OCH3 is 4. The smallest absolute Gasteiger partial charge is 0.291 e. The molecule has 0 bridgehead atoms. The van der Waals surface area contributed by atoms with Gasteiger partial charge in [-0.2, -0.15) is 0 Å². The molecule has 1 aromatic heterocycles. The van der Waals surface area contributed by atoms with E-state index in [4.69, 9.17) is 34.8 Å². The molecule has 0 saturated carbocycles. The van der Waals surface area contributed by atoms with Gasteiger partial charge in [0.05, 0.1) is 63.0 Å². The van der Waals surface area contributed by atoms with Crippen molar-refractivity contribution in [1.82, 2.24) is 0 Å². The molecule has 0 atom stereocenters. The van der Waals surface area contributed by atoms with E-state index in [0.29, 0.717) is 45.7 Å². The molecule has 0 spiro atoms. The average Bonchev–Trinajstić information content (AvgIpc) is 3.50. The lowest BCUT2D eigenvalue weighted by atomic mass is 10.2. The molecular formula is C28H29FN4O7. The van der Waals surface area contributed by atoms with Crippen molar-refractivity contribution in [2.45, 2.75) is 0 Å². The van der Waals surface area contributed by atoms with Gasteiger partial charge in [-0.25, -0.2) is 4.39 Å². The second-order valence-corrected chi connectivity index (χ2v) is 7.95. The number of halogens is 1. The number of benzene rings is 3. The molecular weight excluding hydrogens is 523 g/mol. The number of amides is 2. The van der Waals surface area contributed by atoms with Crippen LogP contribution >= 0.6 is 0 Å². The van der Waals surface area contributed by atoms with Gasteiger partial charge >= 0.3 is 0 Å². The molecule has 40 heavy (non-hydrogen) atoms. The first-order chi connectivity index (χ1) is 19.2. The molecule has 0 aliphatic carbocycles. The van der Waals surface area contributed by atoms with Gasteiger partial charge in [-0.3, -0.25) is 9.59 Å². The quantitative estimate of drug-likeness (QED) is 0.225. The van der Waals surface area contributed by atoms with Crippen LogP contribution in [0.2, 0.25) is 0 Å². The van der Waals surface area contributed by atoms with E-state index in [1.54, 1.807) is 30.3 Å². The van der Waals surface area contributed by atoms with E-state index >= 15 is 0 Å². The van der Waals surface area contributed by atoms with Gasteiger partial charge in [-0.1, -0.05) is 12.1 Å². The number of ether oxygens (including phenoxy) is 4. The van der Waals surface area contributed by atoms with Crippen molar-refractivity contribution in [1.29, 1.82) is 0 Å². The molecule has 2 amide bonds. The van der Waals surface area contributed by atoms with E-state index in [9.17, 15) is 14.0 Å². The predicted octanol–water partition coefficient (Wildman–Crippen LogP) is 4.81. The number of carbonyl (C=O) groups is 2. The van der Waals surface area contributed by atoms with E-state index < -0.39 is 11.7 Å². The normalized spacial score (nSPS) is 10.0. The molecule has 3 aromatic carbocycles. The minimum atomic E-state index is -0.601. The lowest BCUT2D eigenvalue weighted by molar-refractivity contribution is 0.0994. The van der Waals surface area contributed by atoms with Crippen LogP contribution < -0.4 is 41.0 Å². The van der Waals surface area contributed by atoms with Crippen molar-refractivity contribution in [2.75, 3.05) is 50.5 Å². The predicted molar refractivity (Wildman–Crippen MR) is 149 cm³/mol. The topological polar surface area (TPSA) is 160 Å². The molecule has 1 heterocycles. The monoisotopic (exact) mass is 552 g/mol. The highest BCUT2D eigenvalue weighted by molar-refractivity contribution is 6.05. The van der Waals surface area contributed by atoms with Gasteiger partial charge in [-0.05, 0) is 24.3 Å². The van der Waals surface area contributed by atoms with Crippen LogP contribution in [0.1, 0.15) is 20.9 Å². The Balaban J connectivity index is 0.000000222. The summed E-state index contributed by atoms with van der Waals surface area (Å²) in [6.07, 6.45) is 1.43. The molecule has 0 fully saturated rings. The van der Waals surface area contributed by atoms with Crippen molar-refractivity contribution in [3.05, 3.63) is 84.1 Å². The maximum absolute atomic E-state index is 13.6. The molecule has 0 radical (unpaired) electrons. The van der Waals surface area contributed by atoms with Crippen molar-refractivity contribution < 1.29 is 37.3 Å². The zero-order valence-electron chi connectivity index (χ0n) is 22.2. The standard InChI is InChI=1S/C15H15FN2O3.C13H14N2O4/c1-20-13-8-12(14(21-2)7-11(13)17)18-15(19)9-5-3-4-6-10(9)16;1-17-11-7-9(12(18-2)6-8(11)14)15-13(16)10-4-3-5-19-10/h3-8H,17H2,1-2H3,(H,18,19);3-7H,14H2,1-2H3,(H,15,16). The van der Waals surface area contributed by atoms with Crippen LogP contribution in [0, 0.1) is 5.82 Å². The van der Waals surface area contributed by atoms with Gasteiger partial charge < -0.3 is 45.5 Å². The van der Waals surface area contributed by atoms with Crippen LogP contribution in [0.4, 0.5) is 27.1 Å². The number of carbonyl (C=O) groups excluding carboxylic acids is 2. The Morgan fingerprint density at radius 3 is 1.65 bits per heavy atom. The van der Waals surface area contributed by atoms with E-state index in [2.05, 4.69) is 10.6 Å². The third-order valence-electron chi connectivity index (χ3n) is 5.46. The summed E-state index contributed by atoms with van der Waals surface area (Å²) in [6, 6.07) is 15.1. The first-order valence-electron chi connectivity index (χ1n) is 11.7. The molecule has 11 nitrogen and oxygen atoms in total. The number of hydrogen-bond donors (Lipinski definition) is 4. The minimum Gasteiger partial charge on any atom is -0.495 e. The third-order valence-corrected chi connectivity index (χ3v) is 5.46. The summed E-state index contributed by atoms with van der Waals surface area (Å²) < 4.78 is 39.1. The fourth-order valence-corrected chi connectivity index (χ4v) is 3.46. The van der Waals surface area contributed by atoms with E-state index in [0.717, 1.165) is 0 Å². The number of nitrogen functional groups attached to an aromatic ring is 2. The fraction of sp³-hybridized carbons (Fsp3) is 0.143. The largest absolute Gasteiger partial charge is 0.495 e. The van der Waals surface area contributed by atoms with Crippen LogP contribution in [0.5, 0.6) is 23.0 Å². The molecule has 0 saturated heterocycles. The van der Waals surface area contributed by atoms with Crippen molar-refractivity contribution >= 4 is 34.6 Å². The number of hydrogen-bond acceptors (Lipinski definition) is 9. The first-order valence-corrected chi connectivity index (χ1v) is 11.7. The second kappa shape index (κ2) is 13.4. The highest BCUT2D eigenvalue weighted by Gasteiger charge is 2.16. The lowest BCUT2D eigenvalue weighted by Crippen LogP contribution is -2.14. The maximum atomic E-state index is 13.6. The summed E-state index contributed by atoms with van der Waals surface area (Å²) in [6.45, 7) is 0. The zero-order valence-corrected chi connectivity index (χ0v) is 22.2. The Morgan fingerprint density at radius 2 is 1.20 bits per heavy atom. The molecule has 210 valence electrons. The summed E-state index contributed by atoms with van der Waals surface area (Å²) in [5.74, 6) is 0.286. The maximum Gasteiger partial charge on any atom is 0.291 e. The number of anilines is 4. The Bertz CT molecular complexity index is 1480. The summed E-state index contributed by atoms with van der Waals surface area (Å²) in [5.41, 5.74) is 13.1.